The molecule has 29 nitrogen and oxygen atoms in total. The molecule has 13 rings (SSSR count). The molecule has 0 radical (unpaired) electrons. The van der Waals surface area contributed by atoms with Crippen molar-refractivity contribution in [1.82, 2.24) is 40.0 Å². The summed E-state index contributed by atoms with van der Waals surface area (Å²) in [5.74, 6) is -4.50. The molecule has 6 heterocycles. The smallest absolute Gasteiger partial charge is 0.870 e. The summed E-state index contributed by atoms with van der Waals surface area (Å²) >= 11 is 24.0. The Kier molecular flexibility index (Phi) is 36.2. The molecule has 37 heteroatoms. The van der Waals surface area contributed by atoms with Crippen LogP contribution in [0.2, 0.25) is 15.1 Å². The van der Waals surface area contributed by atoms with Gasteiger partial charge < -0.3 is 49.0 Å². The van der Waals surface area contributed by atoms with Gasteiger partial charge in [0, 0.05) is 123 Å². The molecule has 0 unspecified atom stereocenters. The monoisotopic (exact) mass is 1770 g/mol. The van der Waals surface area contributed by atoms with E-state index in [0.717, 1.165) is 33.8 Å². The first-order valence-corrected chi connectivity index (χ1v) is 40.9. The number of Topliss-reactive ketones (excluding diaryl/α,β-unsaturated/α-hetero) is 2. The molecule has 4 atom stereocenters. The summed E-state index contributed by atoms with van der Waals surface area (Å²) in [5.41, 5.74) is 25.5. The van der Waals surface area contributed by atoms with E-state index in [1.807, 2.05) is 28.3 Å². The van der Waals surface area contributed by atoms with Gasteiger partial charge in [-0.1, -0.05) is 88.4 Å². The first-order chi connectivity index (χ1) is 57.4. The van der Waals surface area contributed by atoms with Gasteiger partial charge in [0.2, 0.25) is 0 Å². The molecule has 0 aliphatic carbocycles. The van der Waals surface area contributed by atoms with Crippen molar-refractivity contribution in [2.24, 2.45) is 5.11 Å². The number of hydrogen-bond acceptors (Lipinski definition) is 27. The van der Waals surface area contributed by atoms with Crippen LogP contribution < -0.4 is 24.2 Å². The van der Waals surface area contributed by atoms with Gasteiger partial charge in [-0.25, -0.2) is 43.9 Å². The molecular weight excluding hydrogens is 1690 g/mol. The van der Waals surface area contributed by atoms with Gasteiger partial charge in [0.1, 0.15) is 12.1 Å². The Labute approximate surface area is 736 Å². The minimum Gasteiger partial charge on any atom is -0.870 e. The van der Waals surface area contributed by atoms with Gasteiger partial charge in [-0.2, -0.15) is 0 Å². The molecule has 0 spiro atoms. The van der Waals surface area contributed by atoms with Crippen molar-refractivity contribution in [3.05, 3.63) is 316 Å². The Morgan fingerprint density at radius 3 is 1.31 bits per heavy atom. The van der Waals surface area contributed by atoms with Crippen LogP contribution in [0.15, 0.2) is 200 Å². The fourth-order valence-electron chi connectivity index (χ4n) is 12.7. The zero-order valence-electron chi connectivity index (χ0n) is 65.6. The molecule has 0 saturated heterocycles. The van der Waals surface area contributed by atoms with E-state index in [1.54, 1.807) is 146 Å². The number of nitrogens with one attached hydrogen (secondary N) is 1. The van der Waals surface area contributed by atoms with Crippen LogP contribution in [-0.2, 0) is 108 Å². The molecule has 2 aliphatic rings. The zero-order valence-corrected chi connectivity index (χ0v) is 71.1. The maximum Gasteiger partial charge on any atom is 1.00 e. The van der Waals surface area contributed by atoms with Gasteiger partial charge >= 0.3 is 54.7 Å². The number of amides is 3. The summed E-state index contributed by atoms with van der Waals surface area (Å²) in [6, 6.07) is 38.0. The van der Waals surface area contributed by atoms with E-state index in [4.69, 9.17) is 64.4 Å². The van der Waals surface area contributed by atoms with Crippen molar-refractivity contribution in [2.75, 3.05) is 35.5 Å². The third-order valence-electron chi connectivity index (χ3n) is 18.8. The van der Waals surface area contributed by atoms with Crippen LogP contribution in [0.1, 0.15) is 129 Å². The van der Waals surface area contributed by atoms with E-state index in [1.165, 1.54) is 116 Å². The van der Waals surface area contributed by atoms with Crippen molar-refractivity contribution in [3.63, 3.8) is 0 Å². The second-order valence-corrected chi connectivity index (χ2v) is 30.6. The Balaban J connectivity index is 0.000000201. The molecule has 3 amide bonds. The van der Waals surface area contributed by atoms with Crippen LogP contribution in [0, 0.1) is 0 Å². The predicted octanol–water partition coefficient (Wildman–Crippen LogP) is 11.4. The number of aromatic carboxylic acids is 1. The number of carbonyl (C=O) groups excluding carboxylic acids is 10. The topological polar surface area (TPSA) is 406 Å². The minimum absolute atomic E-state index is 0. The normalized spacial score (nSPS) is 13.6. The summed E-state index contributed by atoms with van der Waals surface area (Å²) in [6.45, 7) is 0.873. The molecule has 121 heavy (non-hydrogen) atoms. The van der Waals surface area contributed by atoms with Crippen LogP contribution >= 0.6 is 80.1 Å². The molecule has 0 saturated carbocycles. The van der Waals surface area contributed by atoms with Gasteiger partial charge in [-0.15, -0.1) is 45.3 Å². The third kappa shape index (κ3) is 25.9. The number of ketones is 2. The van der Waals surface area contributed by atoms with E-state index in [2.05, 4.69) is 40.0 Å². The quantitative estimate of drug-likeness (QED) is 0.0127. The zero-order chi connectivity index (χ0) is 85.2. The number of fused-ring (bicyclic) bond motifs is 2. The number of azide groups is 1. The summed E-state index contributed by atoms with van der Waals surface area (Å²) in [4.78, 5) is 162. The van der Waals surface area contributed by atoms with Crippen LogP contribution in [0.3, 0.4) is 0 Å². The number of hydrogen-bond donors (Lipinski definition) is 2. The number of aromatic nitrogens is 4. The van der Waals surface area contributed by atoms with Crippen molar-refractivity contribution >= 4 is 151 Å². The van der Waals surface area contributed by atoms with Crippen LogP contribution in [0.5, 0.6) is 0 Å². The SMILES string of the molecule is COC(=O)c1ccc(CN(C(=O)c2ccc(Cl)cc2N=[N+]=[N-])[C@@H](Cc2cscn2)C(=O)OC)cc1.COC(=O)c1ccc(CN2C(=O)c3ccc(Cl)cc3CC(=O)[C@@H]2Cc2cscn2)cc1.COC(=O)c1ccc(CN[C@@H](Cc2cscn2)C(=O)OC)cc1.O=C(O)c1ccc(CN2C(=O)c3ccc(Cl)cc3CC(=O)[C@@H]2Cc2cscn2)cc1.[Li+].[OH-]. The molecular formula is C84H75Cl3LiN11O18S4. The Hall–Kier alpha value is -11.7. The van der Waals surface area contributed by atoms with Crippen molar-refractivity contribution < 1.29 is 106 Å². The molecule has 7 aromatic carbocycles. The summed E-state index contributed by atoms with van der Waals surface area (Å²) in [5, 5.41) is 24.5. The third-order valence-corrected chi connectivity index (χ3v) is 22.0. The maximum absolute atomic E-state index is 13.8. The van der Waals surface area contributed by atoms with E-state index in [0.29, 0.717) is 86.1 Å². The number of methoxy groups -OCH3 is 5. The Morgan fingerprint density at radius 1 is 0.521 bits per heavy atom. The average molecular weight is 1770 g/mol. The van der Waals surface area contributed by atoms with E-state index < -0.39 is 54.0 Å². The number of benzene rings is 7. The summed E-state index contributed by atoms with van der Waals surface area (Å²) in [7, 11) is 6.55. The molecule has 620 valence electrons. The molecule has 0 bridgehead atoms. The number of carboxylic acid groups (broad SMARTS) is 1. The number of thiazole rings is 4. The maximum atomic E-state index is 13.8. The first-order valence-electron chi connectivity index (χ1n) is 36.0. The van der Waals surface area contributed by atoms with E-state index >= 15 is 0 Å². The van der Waals surface area contributed by atoms with Gasteiger partial charge in [0.15, 0.2) is 11.6 Å². The van der Waals surface area contributed by atoms with Crippen LogP contribution in [-0.4, -0.2) is 170 Å². The van der Waals surface area contributed by atoms with Gasteiger partial charge in [-0.05, 0) is 142 Å². The second kappa shape index (κ2) is 46.2. The van der Waals surface area contributed by atoms with E-state index in [9.17, 15) is 52.7 Å². The summed E-state index contributed by atoms with van der Waals surface area (Å²) < 4.78 is 23.9. The molecule has 0 fully saturated rings. The number of nitrogens with zero attached hydrogens (tertiary/aromatic N) is 10. The molecule has 11 aromatic rings. The average Bonchev–Trinajstić information content (AvgIpc) is 1.67. The molecule has 4 aromatic heterocycles. The van der Waals surface area contributed by atoms with Crippen molar-refractivity contribution in [2.45, 2.75) is 88.9 Å². The number of carbonyl (C=O) groups is 11. The van der Waals surface area contributed by atoms with Crippen molar-refractivity contribution in [1.29, 1.82) is 0 Å². The van der Waals surface area contributed by atoms with Crippen LogP contribution in [0.4, 0.5) is 5.69 Å². The number of esters is 5. The van der Waals surface area contributed by atoms with Crippen LogP contribution in [0.25, 0.3) is 10.4 Å². The van der Waals surface area contributed by atoms with E-state index in [-0.39, 0.29) is 120 Å². The Morgan fingerprint density at radius 2 is 0.909 bits per heavy atom. The molecule has 3 N–H and O–H groups in total. The number of carboxylic acids is 1. The standard InChI is InChI=1S/C23H20ClN5O5S.C23H19ClN2O4S.C22H17ClN2O4S.C16H18N2O4S.Li.H2O/c1-33-22(31)15-5-3-14(4-6-15)11-29(20(23(32)34-2)10-17-12-35-13-26-17)21(30)18-8-7-16(24)9-19(18)27-28-25;1-30-23(29)15-4-2-14(3-5-15)11-26-20(10-18-12-31-13-25-18)21(27)9-16-8-17(24)6-7-19(16)22(26)28;23-16-5-6-18-15(7-16)8-20(26)19(9-17-11-30-12-24-17)25(21(18)27)10-13-1-3-14(4-2-13)22(28)29;1-21-15(19)12-5-3-11(4-6-12)8-17-14(16(20)22-2)7-13-9-23-10-18-13;;/h3-9,12-13,20H,10-11H2,1-2H3;2-8,12-13,20H,9-11H2,1H3;1-7,11-12,19H,8-10H2,(H,28,29);3-6,9-10,14,17H,7-8H2,1-2H3;;1H2/q;;;;+1;/p-1/t2*20-;19-;14-;;/m0000../s1. The van der Waals surface area contributed by atoms with Gasteiger partial charge in [0.05, 0.1) is 120 Å². The second-order valence-electron chi connectivity index (χ2n) is 26.4. The fraction of sp³-hybridized carbons (Fsp3) is 0.226. The number of halogens is 3. The van der Waals surface area contributed by atoms with Gasteiger partial charge in [0.25, 0.3) is 17.7 Å². The minimum atomic E-state index is -1.04. The largest absolute Gasteiger partial charge is 1.00 e. The summed E-state index contributed by atoms with van der Waals surface area (Å²) in [6.07, 6.45) is 1.49. The first kappa shape index (κ1) is 94.8. The predicted molar refractivity (Wildman–Crippen MR) is 448 cm³/mol. The molecule has 2 aliphatic heterocycles. The number of ether oxygens (including phenoxy) is 5. The van der Waals surface area contributed by atoms with Crippen molar-refractivity contribution in [3.8, 4) is 0 Å². The van der Waals surface area contributed by atoms with Gasteiger partial charge in [-0.3, -0.25) is 34.1 Å². The fourth-order valence-corrected chi connectivity index (χ4v) is 15.5. The number of rotatable bonds is 26. The Bertz CT molecular complexity index is 5480.